The van der Waals surface area contributed by atoms with Gasteiger partial charge in [0, 0.05) is 12.5 Å². The molecule has 0 radical (unpaired) electrons. The molecular formula is C16H29NO. The van der Waals surface area contributed by atoms with Crippen LogP contribution < -0.4 is 5.32 Å². The Morgan fingerprint density at radius 1 is 1.11 bits per heavy atom. The van der Waals surface area contributed by atoms with Crippen molar-refractivity contribution in [1.29, 1.82) is 0 Å². The fourth-order valence-electron chi connectivity index (χ4n) is 3.64. The van der Waals surface area contributed by atoms with Gasteiger partial charge >= 0.3 is 0 Å². The van der Waals surface area contributed by atoms with Gasteiger partial charge in [0.1, 0.15) is 5.78 Å². The Morgan fingerprint density at radius 3 is 2.67 bits per heavy atom. The maximum absolute atomic E-state index is 12.2. The smallest absolute Gasteiger partial charge is 0.149 e. The van der Waals surface area contributed by atoms with E-state index in [9.17, 15) is 4.79 Å². The number of hydrogen-bond donors (Lipinski definition) is 1. The summed E-state index contributed by atoms with van der Waals surface area (Å²) in [4.78, 5) is 12.2. The van der Waals surface area contributed by atoms with E-state index in [0.29, 0.717) is 11.8 Å². The van der Waals surface area contributed by atoms with Crippen LogP contribution in [0.2, 0.25) is 0 Å². The molecular weight excluding hydrogens is 222 g/mol. The normalized spacial score (nSPS) is 31.3. The molecule has 2 fully saturated rings. The second-order valence-corrected chi connectivity index (χ2v) is 6.24. The third kappa shape index (κ3) is 3.81. The number of fused-ring (bicyclic) bond motifs is 1. The van der Waals surface area contributed by atoms with Crippen LogP contribution >= 0.6 is 0 Å². The predicted molar refractivity (Wildman–Crippen MR) is 75.7 cm³/mol. The Hall–Kier alpha value is -0.370. The van der Waals surface area contributed by atoms with Gasteiger partial charge in [-0.05, 0) is 31.6 Å². The third-order valence-corrected chi connectivity index (χ3v) is 4.78. The molecule has 1 heterocycles. The van der Waals surface area contributed by atoms with Gasteiger partial charge < -0.3 is 5.32 Å². The molecule has 18 heavy (non-hydrogen) atoms. The molecule has 2 aliphatic rings. The van der Waals surface area contributed by atoms with E-state index in [-0.39, 0.29) is 6.04 Å². The van der Waals surface area contributed by atoms with Crippen molar-refractivity contribution in [2.75, 3.05) is 0 Å². The zero-order valence-electron chi connectivity index (χ0n) is 11.9. The van der Waals surface area contributed by atoms with E-state index in [0.717, 1.165) is 25.2 Å². The van der Waals surface area contributed by atoms with Gasteiger partial charge in [0.15, 0.2) is 0 Å². The van der Waals surface area contributed by atoms with Crippen molar-refractivity contribution >= 4 is 5.78 Å². The fraction of sp³-hybridized carbons (Fsp3) is 0.938. The number of carbonyl (C=O) groups is 1. The fourth-order valence-corrected chi connectivity index (χ4v) is 3.64. The molecule has 0 amide bonds. The molecule has 1 N–H and O–H groups in total. The van der Waals surface area contributed by atoms with Crippen LogP contribution in [0.1, 0.15) is 77.6 Å². The van der Waals surface area contributed by atoms with Gasteiger partial charge in [-0.1, -0.05) is 45.4 Å². The Kier molecular flexibility index (Phi) is 5.68. The molecule has 104 valence electrons. The molecule has 1 aliphatic carbocycles. The van der Waals surface area contributed by atoms with Crippen molar-refractivity contribution in [2.24, 2.45) is 5.92 Å². The lowest BCUT2D eigenvalue weighted by atomic mass is 9.84. The van der Waals surface area contributed by atoms with Gasteiger partial charge in [-0.15, -0.1) is 0 Å². The number of unbranched alkanes of at least 4 members (excludes halogenated alkanes) is 4. The van der Waals surface area contributed by atoms with E-state index in [4.69, 9.17) is 0 Å². The topological polar surface area (TPSA) is 29.1 Å². The summed E-state index contributed by atoms with van der Waals surface area (Å²) >= 11 is 0. The molecule has 2 rings (SSSR count). The summed E-state index contributed by atoms with van der Waals surface area (Å²) in [6.45, 7) is 2.23. The van der Waals surface area contributed by atoms with Crippen LogP contribution in [0.3, 0.4) is 0 Å². The molecule has 1 saturated carbocycles. The number of carbonyl (C=O) groups excluding carboxylic acids is 1. The van der Waals surface area contributed by atoms with E-state index >= 15 is 0 Å². The number of rotatable bonds is 7. The van der Waals surface area contributed by atoms with Crippen LogP contribution in [0, 0.1) is 5.92 Å². The summed E-state index contributed by atoms with van der Waals surface area (Å²) in [5.41, 5.74) is 0. The molecule has 2 heteroatoms. The number of ketones is 1. The first kappa shape index (κ1) is 14.0. The zero-order valence-corrected chi connectivity index (χ0v) is 11.9. The minimum Gasteiger partial charge on any atom is -0.304 e. The highest BCUT2D eigenvalue weighted by Gasteiger charge is 2.37. The van der Waals surface area contributed by atoms with E-state index in [1.54, 1.807) is 0 Å². The zero-order chi connectivity index (χ0) is 12.8. The molecule has 0 spiro atoms. The molecule has 3 unspecified atom stereocenters. The van der Waals surface area contributed by atoms with Gasteiger partial charge in [-0.2, -0.15) is 0 Å². The second-order valence-electron chi connectivity index (χ2n) is 6.24. The summed E-state index contributed by atoms with van der Waals surface area (Å²) in [6, 6.07) is 0.858. The van der Waals surface area contributed by atoms with Crippen molar-refractivity contribution in [3.05, 3.63) is 0 Å². The second kappa shape index (κ2) is 7.28. The summed E-state index contributed by atoms with van der Waals surface area (Å²) < 4.78 is 0. The average molecular weight is 251 g/mol. The van der Waals surface area contributed by atoms with Crippen molar-refractivity contribution in [2.45, 2.75) is 89.6 Å². The summed E-state index contributed by atoms with van der Waals surface area (Å²) in [7, 11) is 0. The highest BCUT2D eigenvalue weighted by molar-refractivity contribution is 5.84. The Balaban J connectivity index is 1.64. The lowest BCUT2D eigenvalue weighted by Gasteiger charge is -2.24. The first-order valence-electron chi connectivity index (χ1n) is 8.10. The number of hydrogen-bond acceptors (Lipinski definition) is 2. The Morgan fingerprint density at radius 2 is 1.89 bits per heavy atom. The first-order chi connectivity index (χ1) is 8.81. The minimum atomic E-state index is 0.198. The van der Waals surface area contributed by atoms with E-state index in [1.807, 2.05) is 0 Å². The van der Waals surface area contributed by atoms with Gasteiger partial charge in [0.05, 0.1) is 6.04 Å². The van der Waals surface area contributed by atoms with Crippen LogP contribution in [-0.4, -0.2) is 17.9 Å². The highest BCUT2D eigenvalue weighted by atomic mass is 16.1. The van der Waals surface area contributed by atoms with Crippen LogP contribution in [0.4, 0.5) is 0 Å². The molecule has 2 nitrogen and oxygen atoms in total. The van der Waals surface area contributed by atoms with E-state index in [1.165, 1.54) is 51.4 Å². The summed E-state index contributed by atoms with van der Waals surface area (Å²) in [5, 5.41) is 3.60. The molecule has 0 aromatic carbocycles. The number of nitrogens with one attached hydrogen (secondary N) is 1. The third-order valence-electron chi connectivity index (χ3n) is 4.78. The summed E-state index contributed by atoms with van der Waals surface area (Å²) in [6.07, 6.45) is 13.5. The Bertz CT molecular complexity index is 250. The average Bonchev–Trinajstić information content (AvgIpc) is 2.82. The van der Waals surface area contributed by atoms with Gasteiger partial charge in [0.2, 0.25) is 0 Å². The largest absolute Gasteiger partial charge is 0.304 e. The Labute approximate surface area is 112 Å². The van der Waals surface area contributed by atoms with Gasteiger partial charge in [-0.3, -0.25) is 4.79 Å². The van der Waals surface area contributed by atoms with Crippen molar-refractivity contribution in [1.82, 2.24) is 5.32 Å². The summed E-state index contributed by atoms with van der Waals surface area (Å²) in [5.74, 6) is 1.29. The van der Waals surface area contributed by atoms with E-state index < -0.39 is 0 Å². The van der Waals surface area contributed by atoms with Crippen LogP contribution in [0.25, 0.3) is 0 Å². The molecule has 1 saturated heterocycles. The first-order valence-corrected chi connectivity index (χ1v) is 8.10. The molecule has 0 aromatic heterocycles. The SMILES string of the molecule is CCCCCCCC(=O)C1CC2CCCCC2N1. The van der Waals surface area contributed by atoms with Crippen LogP contribution in [0.15, 0.2) is 0 Å². The van der Waals surface area contributed by atoms with E-state index in [2.05, 4.69) is 12.2 Å². The molecule has 3 atom stereocenters. The number of Topliss-reactive ketones (excluding diaryl/α,β-unsaturated/α-hetero) is 1. The predicted octanol–water partition coefficient (Wildman–Crippen LogP) is 3.84. The maximum Gasteiger partial charge on any atom is 0.149 e. The minimum absolute atomic E-state index is 0.198. The van der Waals surface area contributed by atoms with Gasteiger partial charge in [-0.25, -0.2) is 0 Å². The maximum atomic E-state index is 12.2. The van der Waals surface area contributed by atoms with Crippen molar-refractivity contribution < 1.29 is 4.79 Å². The lowest BCUT2D eigenvalue weighted by Crippen LogP contribution is -2.37. The quantitative estimate of drug-likeness (QED) is 0.697. The van der Waals surface area contributed by atoms with Gasteiger partial charge in [0.25, 0.3) is 0 Å². The van der Waals surface area contributed by atoms with Crippen LogP contribution in [-0.2, 0) is 4.79 Å². The molecule has 0 aromatic rings. The van der Waals surface area contributed by atoms with Crippen molar-refractivity contribution in [3.63, 3.8) is 0 Å². The highest BCUT2D eigenvalue weighted by Crippen LogP contribution is 2.33. The standard InChI is InChI=1S/C16H29NO/c1-2-3-4-5-6-11-16(18)15-12-13-9-7-8-10-14(13)17-15/h13-15,17H,2-12H2,1H3. The lowest BCUT2D eigenvalue weighted by molar-refractivity contribution is -0.120. The monoisotopic (exact) mass is 251 g/mol. The van der Waals surface area contributed by atoms with Crippen molar-refractivity contribution in [3.8, 4) is 0 Å². The molecule has 1 aliphatic heterocycles. The van der Waals surface area contributed by atoms with Crippen LogP contribution in [0.5, 0.6) is 0 Å². The molecule has 0 bridgehead atoms.